The van der Waals surface area contributed by atoms with E-state index in [-0.39, 0.29) is 17.6 Å². The molecule has 0 aliphatic carbocycles. The van der Waals surface area contributed by atoms with Crippen LogP contribution in [0.5, 0.6) is 11.5 Å². The quantitative estimate of drug-likeness (QED) is 0.251. The Labute approximate surface area is 219 Å². The Morgan fingerprint density at radius 2 is 1.16 bits per heavy atom. The molecular weight excluding hydrogens is 470 g/mol. The average Bonchev–Trinajstić information content (AvgIpc) is 2.93. The first kappa shape index (κ1) is 27.1. The second kappa shape index (κ2) is 14.1. The Hall–Kier alpha value is -2.96. The molecule has 1 aliphatic heterocycles. The predicted molar refractivity (Wildman–Crippen MR) is 144 cm³/mol. The number of nitrogens with zero attached hydrogens (tertiary/aromatic N) is 2. The molecule has 4 nitrogen and oxygen atoms in total. The van der Waals surface area contributed by atoms with Crippen LogP contribution in [-0.4, -0.2) is 62.8 Å². The molecule has 1 aliphatic rings. The molecule has 1 fully saturated rings. The summed E-state index contributed by atoms with van der Waals surface area (Å²) in [6.07, 6.45) is 4.37. The van der Waals surface area contributed by atoms with Gasteiger partial charge in [0, 0.05) is 38.6 Å². The molecular formula is C31H38F2N2O2. The van der Waals surface area contributed by atoms with Gasteiger partial charge >= 0.3 is 0 Å². The van der Waals surface area contributed by atoms with Crippen LogP contribution in [0.4, 0.5) is 8.78 Å². The highest BCUT2D eigenvalue weighted by Gasteiger charge is 2.17. The molecule has 0 unspecified atom stereocenters. The molecule has 198 valence electrons. The van der Waals surface area contributed by atoms with Crippen molar-refractivity contribution >= 4 is 0 Å². The minimum absolute atomic E-state index is 0.157. The van der Waals surface area contributed by atoms with Gasteiger partial charge in [-0.15, -0.1) is 0 Å². The lowest BCUT2D eigenvalue weighted by atomic mass is 9.87. The lowest BCUT2D eigenvalue weighted by Gasteiger charge is -2.34. The van der Waals surface area contributed by atoms with Crippen LogP contribution in [-0.2, 0) is 0 Å². The van der Waals surface area contributed by atoms with Crippen molar-refractivity contribution in [2.45, 2.75) is 31.6 Å². The van der Waals surface area contributed by atoms with E-state index in [2.05, 4.69) is 9.80 Å². The van der Waals surface area contributed by atoms with Crippen LogP contribution in [0.3, 0.4) is 0 Å². The highest BCUT2D eigenvalue weighted by Crippen LogP contribution is 2.30. The summed E-state index contributed by atoms with van der Waals surface area (Å²) in [5.74, 6) is 1.41. The number of hydrogen-bond donors (Lipinski definition) is 0. The van der Waals surface area contributed by atoms with E-state index in [1.165, 1.54) is 30.7 Å². The van der Waals surface area contributed by atoms with E-state index in [4.69, 9.17) is 9.47 Å². The van der Waals surface area contributed by atoms with E-state index in [0.717, 1.165) is 81.2 Å². The molecule has 0 N–H and O–H groups in total. The summed E-state index contributed by atoms with van der Waals surface area (Å²) < 4.78 is 38.0. The molecule has 6 heteroatoms. The van der Waals surface area contributed by atoms with Gasteiger partial charge in [-0.1, -0.05) is 37.1 Å². The molecule has 0 aromatic heterocycles. The minimum atomic E-state index is -0.230. The SMILES string of the molecule is COc1ccc(OCCN2CCN(CCCCCC(c3ccc(F)cc3)c3ccc(F)cc3)CC2)cc1. The number of ether oxygens (including phenoxy) is 2. The van der Waals surface area contributed by atoms with E-state index in [9.17, 15) is 8.78 Å². The third kappa shape index (κ3) is 8.54. The topological polar surface area (TPSA) is 24.9 Å². The molecule has 0 radical (unpaired) electrons. The van der Waals surface area contributed by atoms with Gasteiger partial charge in [0.2, 0.25) is 0 Å². The van der Waals surface area contributed by atoms with E-state index < -0.39 is 0 Å². The predicted octanol–water partition coefficient (Wildman–Crippen LogP) is 6.36. The molecule has 0 amide bonds. The zero-order valence-electron chi connectivity index (χ0n) is 21.8. The summed E-state index contributed by atoms with van der Waals surface area (Å²) >= 11 is 0. The number of halogens is 2. The van der Waals surface area contributed by atoms with Gasteiger partial charge in [0.05, 0.1) is 7.11 Å². The lowest BCUT2D eigenvalue weighted by Crippen LogP contribution is -2.47. The summed E-state index contributed by atoms with van der Waals surface area (Å²) in [4.78, 5) is 5.02. The van der Waals surface area contributed by atoms with Gasteiger partial charge in [-0.3, -0.25) is 4.90 Å². The van der Waals surface area contributed by atoms with E-state index in [0.29, 0.717) is 6.61 Å². The normalized spacial score (nSPS) is 14.7. The third-order valence-corrected chi connectivity index (χ3v) is 7.21. The Kier molecular flexibility index (Phi) is 10.3. The lowest BCUT2D eigenvalue weighted by molar-refractivity contribution is 0.115. The summed E-state index contributed by atoms with van der Waals surface area (Å²) in [6.45, 7) is 7.08. The van der Waals surface area contributed by atoms with Crippen LogP contribution in [0.2, 0.25) is 0 Å². The summed E-state index contributed by atoms with van der Waals surface area (Å²) in [5, 5.41) is 0. The monoisotopic (exact) mass is 508 g/mol. The maximum atomic E-state index is 13.4. The molecule has 0 spiro atoms. The maximum Gasteiger partial charge on any atom is 0.123 e. The van der Waals surface area contributed by atoms with E-state index >= 15 is 0 Å². The molecule has 0 bridgehead atoms. The van der Waals surface area contributed by atoms with Gasteiger partial charge in [0.25, 0.3) is 0 Å². The van der Waals surface area contributed by atoms with Crippen LogP contribution in [0.1, 0.15) is 42.7 Å². The Bertz CT molecular complexity index is 1000. The summed E-state index contributed by atoms with van der Waals surface area (Å²) in [7, 11) is 1.66. The van der Waals surface area contributed by atoms with Gasteiger partial charge in [0.1, 0.15) is 29.7 Å². The molecule has 37 heavy (non-hydrogen) atoms. The Morgan fingerprint density at radius 3 is 1.70 bits per heavy atom. The van der Waals surface area contributed by atoms with Gasteiger partial charge in [-0.05, 0) is 79.0 Å². The van der Waals surface area contributed by atoms with Crippen molar-refractivity contribution in [2.24, 2.45) is 0 Å². The van der Waals surface area contributed by atoms with Gasteiger partial charge in [-0.2, -0.15) is 0 Å². The first-order valence-electron chi connectivity index (χ1n) is 13.3. The average molecular weight is 509 g/mol. The van der Waals surface area contributed by atoms with Crippen molar-refractivity contribution in [3.63, 3.8) is 0 Å². The fraction of sp³-hybridized carbons (Fsp3) is 0.419. The van der Waals surface area contributed by atoms with Crippen molar-refractivity contribution in [2.75, 3.05) is 53.0 Å². The van der Waals surface area contributed by atoms with Crippen LogP contribution < -0.4 is 9.47 Å². The molecule has 1 heterocycles. The van der Waals surface area contributed by atoms with Crippen molar-refractivity contribution in [1.82, 2.24) is 9.80 Å². The second-order valence-corrected chi connectivity index (χ2v) is 9.71. The molecule has 4 rings (SSSR count). The molecule has 0 atom stereocenters. The number of piperazine rings is 1. The smallest absolute Gasteiger partial charge is 0.123 e. The van der Waals surface area contributed by atoms with Crippen molar-refractivity contribution < 1.29 is 18.3 Å². The Balaban J connectivity index is 1.13. The number of benzene rings is 3. The molecule has 3 aromatic rings. The fourth-order valence-corrected chi connectivity index (χ4v) is 4.98. The fourth-order valence-electron chi connectivity index (χ4n) is 4.98. The number of methoxy groups -OCH3 is 1. The van der Waals surface area contributed by atoms with Gasteiger partial charge in [-0.25, -0.2) is 8.78 Å². The Morgan fingerprint density at radius 1 is 0.649 bits per heavy atom. The number of hydrogen-bond acceptors (Lipinski definition) is 4. The zero-order chi connectivity index (χ0) is 25.9. The van der Waals surface area contributed by atoms with Crippen molar-refractivity contribution in [1.29, 1.82) is 0 Å². The minimum Gasteiger partial charge on any atom is -0.497 e. The van der Waals surface area contributed by atoms with Crippen LogP contribution in [0, 0.1) is 11.6 Å². The zero-order valence-corrected chi connectivity index (χ0v) is 21.8. The van der Waals surface area contributed by atoms with Crippen LogP contribution in [0.25, 0.3) is 0 Å². The third-order valence-electron chi connectivity index (χ3n) is 7.21. The first-order valence-corrected chi connectivity index (χ1v) is 13.3. The number of unbranched alkanes of at least 4 members (excludes halogenated alkanes) is 2. The summed E-state index contributed by atoms with van der Waals surface area (Å²) in [5.41, 5.74) is 2.17. The van der Waals surface area contributed by atoms with Gasteiger partial charge in [0.15, 0.2) is 0 Å². The standard InChI is InChI=1S/C31H38F2N2O2/c1-36-29-14-16-30(17-15-29)37-24-23-35-21-19-34(20-22-35)18-4-2-3-5-31(25-6-10-27(32)11-7-25)26-8-12-28(33)13-9-26/h6-17,31H,2-5,18-24H2,1H3. The number of rotatable bonds is 13. The second-order valence-electron chi connectivity index (χ2n) is 9.71. The van der Waals surface area contributed by atoms with E-state index in [1.807, 2.05) is 48.5 Å². The highest BCUT2D eigenvalue weighted by molar-refractivity contribution is 5.33. The van der Waals surface area contributed by atoms with Crippen LogP contribution in [0.15, 0.2) is 72.8 Å². The first-order chi connectivity index (χ1) is 18.1. The largest absolute Gasteiger partial charge is 0.497 e. The maximum absolute atomic E-state index is 13.4. The van der Waals surface area contributed by atoms with Crippen LogP contribution >= 0.6 is 0 Å². The molecule has 0 saturated carbocycles. The van der Waals surface area contributed by atoms with E-state index in [1.54, 1.807) is 7.11 Å². The molecule has 1 saturated heterocycles. The highest BCUT2D eigenvalue weighted by atomic mass is 19.1. The van der Waals surface area contributed by atoms with Crippen molar-refractivity contribution in [3.05, 3.63) is 95.6 Å². The van der Waals surface area contributed by atoms with Crippen molar-refractivity contribution in [3.8, 4) is 11.5 Å². The summed E-state index contributed by atoms with van der Waals surface area (Å²) in [6, 6.07) is 21.2. The van der Waals surface area contributed by atoms with Gasteiger partial charge < -0.3 is 14.4 Å². The molecule has 3 aromatic carbocycles.